The molecule has 0 amide bonds. The highest BCUT2D eigenvalue weighted by atomic mass is 35.5. The highest BCUT2D eigenvalue weighted by Gasteiger charge is 2.05. The van der Waals surface area contributed by atoms with Crippen LogP contribution >= 0.6 is 23.2 Å². The fourth-order valence-electron chi connectivity index (χ4n) is 1.67. The molecule has 0 bridgehead atoms. The zero-order chi connectivity index (χ0) is 14.5. The average Bonchev–Trinajstić information content (AvgIpc) is 2.81. The lowest BCUT2D eigenvalue weighted by Gasteiger charge is -2.06. The summed E-state index contributed by atoms with van der Waals surface area (Å²) in [6.07, 6.45) is 0. The van der Waals surface area contributed by atoms with E-state index in [1.54, 1.807) is 18.2 Å². The molecule has 0 saturated carbocycles. The van der Waals surface area contributed by atoms with Gasteiger partial charge in [-0.2, -0.15) is 0 Å². The second kappa shape index (κ2) is 7.02. The van der Waals surface area contributed by atoms with Gasteiger partial charge in [-0.25, -0.2) is 0 Å². The van der Waals surface area contributed by atoms with E-state index in [0.29, 0.717) is 35.0 Å². The van der Waals surface area contributed by atoms with Gasteiger partial charge in [-0.15, -0.1) is 0 Å². The number of furan rings is 1. The fourth-order valence-corrected chi connectivity index (χ4v) is 2.17. The number of nitrogens with one attached hydrogen (secondary N) is 1. The summed E-state index contributed by atoms with van der Waals surface area (Å²) in [4.78, 5) is 0. The van der Waals surface area contributed by atoms with E-state index < -0.39 is 0 Å². The molecule has 1 heterocycles. The van der Waals surface area contributed by atoms with Gasteiger partial charge in [0.15, 0.2) is 0 Å². The van der Waals surface area contributed by atoms with Crippen molar-refractivity contribution in [3.8, 4) is 5.75 Å². The maximum Gasteiger partial charge on any atom is 0.146 e. The Morgan fingerprint density at radius 3 is 2.40 bits per heavy atom. The number of rotatable bonds is 6. The van der Waals surface area contributed by atoms with Crippen LogP contribution in [0.1, 0.15) is 25.4 Å². The van der Waals surface area contributed by atoms with Gasteiger partial charge in [0, 0.05) is 16.1 Å². The van der Waals surface area contributed by atoms with Crippen LogP contribution in [0.3, 0.4) is 0 Å². The van der Waals surface area contributed by atoms with Crippen molar-refractivity contribution in [1.82, 2.24) is 5.32 Å². The Morgan fingerprint density at radius 1 is 1.10 bits per heavy atom. The molecule has 0 radical (unpaired) electrons. The average molecular weight is 314 g/mol. The third kappa shape index (κ3) is 4.75. The van der Waals surface area contributed by atoms with E-state index in [0.717, 1.165) is 11.5 Å². The van der Waals surface area contributed by atoms with Gasteiger partial charge in [0.05, 0.1) is 6.54 Å². The topological polar surface area (TPSA) is 34.4 Å². The van der Waals surface area contributed by atoms with Crippen LogP contribution in [0.4, 0.5) is 0 Å². The first kappa shape index (κ1) is 15.2. The monoisotopic (exact) mass is 313 g/mol. The molecule has 0 aliphatic heterocycles. The van der Waals surface area contributed by atoms with E-state index in [9.17, 15) is 0 Å². The zero-order valence-corrected chi connectivity index (χ0v) is 13.0. The maximum atomic E-state index is 5.91. The van der Waals surface area contributed by atoms with Gasteiger partial charge in [0.2, 0.25) is 0 Å². The lowest BCUT2D eigenvalue weighted by Crippen LogP contribution is -2.21. The van der Waals surface area contributed by atoms with Crippen LogP contribution in [0.5, 0.6) is 5.75 Å². The summed E-state index contributed by atoms with van der Waals surface area (Å²) in [5, 5.41) is 4.39. The first-order valence-corrected chi connectivity index (χ1v) is 7.18. The van der Waals surface area contributed by atoms with Gasteiger partial charge in [0.25, 0.3) is 0 Å². The van der Waals surface area contributed by atoms with E-state index in [-0.39, 0.29) is 0 Å². The Kier molecular flexibility index (Phi) is 5.35. The van der Waals surface area contributed by atoms with Crippen molar-refractivity contribution >= 4 is 23.2 Å². The molecule has 1 aromatic carbocycles. The molecular weight excluding hydrogens is 297 g/mol. The molecule has 5 heteroatoms. The van der Waals surface area contributed by atoms with Crippen LogP contribution in [0.15, 0.2) is 34.7 Å². The summed E-state index contributed by atoms with van der Waals surface area (Å²) in [7, 11) is 0. The van der Waals surface area contributed by atoms with Crippen LogP contribution in [-0.2, 0) is 13.2 Å². The predicted octanol–water partition coefficient (Wildman–Crippen LogP) is 4.66. The third-order valence-electron chi connectivity index (χ3n) is 2.62. The van der Waals surface area contributed by atoms with Gasteiger partial charge in [-0.05, 0) is 30.3 Å². The summed E-state index contributed by atoms with van der Waals surface area (Å²) >= 11 is 11.8. The van der Waals surface area contributed by atoms with E-state index in [4.69, 9.17) is 32.4 Å². The van der Waals surface area contributed by atoms with Gasteiger partial charge >= 0.3 is 0 Å². The van der Waals surface area contributed by atoms with Gasteiger partial charge in [-0.3, -0.25) is 0 Å². The van der Waals surface area contributed by atoms with Crippen molar-refractivity contribution in [2.75, 3.05) is 0 Å². The van der Waals surface area contributed by atoms with Gasteiger partial charge in [0.1, 0.15) is 23.9 Å². The summed E-state index contributed by atoms with van der Waals surface area (Å²) < 4.78 is 11.3. The number of hydrogen-bond donors (Lipinski definition) is 1. The zero-order valence-electron chi connectivity index (χ0n) is 11.5. The summed E-state index contributed by atoms with van der Waals surface area (Å²) in [5.74, 6) is 2.28. The third-order valence-corrected chi connectivity index (χ3v) is 3.06. The minimum absolute atomic E-state index is 0.346. The largest absolute Gasteiger partial charge is 0.486 e. The van der Waals surface area contributed by atoms with Crippen LogP contribution in [-0.4, -0.2) is 6.04 Å². The molecule has 0 aliphatic carbocycles. The first-order valence-electron chi connectivity index (χ1n) is 6.43. The molecule has 1 aromatic heterocycles. The smallest absolute Gasteiger partial charge is 0.146 e. The van der Waals surface area contributed by atoms with Crippen molar-refractivity contribution in [3.05, 3.63) is 51.9 Å². The SMILES string of the molecule is CC(C)NCc1ccc(COc2cc(Cl)cc(Cl)c2)o1. The molecule has 0 fully saturated rings. The van der Waals surface area contributed by atoms with Crippen molar-refractivity contribution < 1.29 is 9.15 Å². The minimum atomic E-state index is 0.346. The Bertz CT molecular complexity index is 547. The quantitative estimate of drug-likeness (QED) is 0.842. The highest BCUT2D eigenvalue weighted by Crippen LogP contribution is 2.25. The number of ether oxygens (including phenoxy) is 1. The molecule has 3 nitrogen and oxygen atoms in total. The lowest BCUT2D eigenvalue weighted by molar-refractivity contribution is 0.264. The molecule has 0 aliphatic rings. The Hall–Kier alpha value is -1.16. The fraction of sp³-hybridized carbons (Fsp3) is 0.333. The van der Waals surface area contributed by atoms with Gasteiger partial charge < -0.3 is 14.5 Å². The van der Waals surface area contributed by atoms with E-state index in [1.165, 1.54) is 0 Å². The second-order valence-corrected chi connectivity index (χ2v) is 5.67. The van der Waals surface area contributed by atoms with Crippen LogP contribution < -0.4 is 10.1 Å². The molecular formula is C15H17Cl2NO2. The van der Waals surface area contributed by atoms with Crippen molar-refractivity contribution in [3.63, 3.8) is 0 Å². The standard InChI is InChI=1S/C15H17Cl2NO2/c1-10(2)18-8-13-3-4-14(20-13)9-19-15-6-11(16)5-12(17)7-15/h3-7,10,18H,8-9H2,1-2H3. The van der Waals surface area contributed by atoms with Crippen LogP contribution in [0.2, 0.25) is 10.0 Å². The molecule has 2 aromatic rings. The lowest BCUT2D eigenvalue weighted by atomic mass is 10.3. The predicted molar refractivity (Wildman–Crippen MR) is 81.5 cm³/mol. The Balaban J connectivity index is 1.90. The molecule has 0 atom stereocenters. The van der Waals surface area contributed by atoms with E-state index in [2.05, 4.69) is 19.2 Å². The summed E-state index contributed by atoms with van der Waals surface area (Å²) in [6.45, 7) is 5.24. The minimum Gasteiger partial charge on any atom is -0.486 e. The van der Waals surface area contributed by atoms with Crippen LogP contribution in [0.25, 0.3) is 0 Å². The molecule has 108 valence electrons. The number of halogens is 2. The van der Waals surface area contributed by atoms with E-state index >= 15 is 0 Å². The van der Waals surface area contributed by atoms with Gasteiger partial charge in [-0.1, -0.05) is 37.0 Å². The summed E-state index contributed by atoms with van der Waals surface area (Å²) in [5.41, 5.74) is 0. The molecule has 1 N–H and O–H groups in total. The van der Waals surface area contributed by atoms with Crippen molar-refractivity contribution in [1.29, 1.82) is 0 Å². The van der Waals surface area contributed by atoms with Crippen molar-refractivity contribution in [2.24, 2.45) is 0 Å². The second-order valence-electron chi connectivity index (χ2n) is 4.80. The molecule has 0 saturated heterocycles. The highest BCUT2D eigenvalue weighted by molar-refractivity contribution is 6.34. The number of benzene rings is 1. The molecule has 20 heavy (non-hydrogen) atoms. The van der Waals surface area contributed by atoms with E-state index in [1.807, 2.05) is 12.1 Å². The Morgan fingerprint density at radius 2 is 1.75 bits per heavy atom. The normalized spacial score (nSPS) is 11.1. The first-order chi connectivity index (χ1) is 9.52. The Labute approximate surface area is 128 Å². The molecule has 0 spiro atoms. The maximum absolute atomic E-state index is 5.91. The molecule has 0 unspecified atom stereocenters. The summed E-state index contributed by atoms with van der Waals surface area (Å²) in [6, 6.07) is 9.38. The van der Waals surface area contributed by atoms with Crippen LogP contribution in [0, 0.1) is 0 Å². The molecule has 2 rings (SSSR count). The number of hydrogen-bond acceptors (Lipinski definition) is 3. The van der Waals surface area contributed by atoms with Crippen molar-refractivity contribution in [2.45, 2.75) is 33.0 Å².